The van der Waals surface area contributed by atoms with Crippen molar-refractivity contribution < 1.29 is 0 Å². The first-order valence-electron chi connectivity index (χ1n) is 6.02. The molecule has 0 radical (unpaired) electrons. The van der Waals surface area contributed by atoms with Gasteiger partial charge in [0.05, 0.1) is 0 Å². The maximum atomic E-state index is 5.76. The molecular weight excluding hydrogens is 196 g/mol. The van der Waals surface area contributed by atoms with Crippen molar-refractivity contribution in [3.05, 3.63) is 35.4 Å². The molecule has 0 bridgehead atoms. The van der Waals surface area contributed by atoms with E-state index in [1.165, 1.54) is 11.1 Å². The molecule has 2 nitrogen and oxygen atoms in total. The lowest BCUT2D eigenvalue weighted by Crippen LogP contribution is -2.54. The molecule has 1 aliphatic heterocycles. The Kier molecular flexibility index (Phi) is 3.04. The largest absolute Gasteiger partial charge is 0.325 e. The number of benzene rings is 1. The van der Waals surface area contributed by atoms with Gasteiger partial charge in [0, 0.05) is 25.7 Å². The molecular formula is C14H22N2. The monoisotopic (exact) mass is 218 g/mol. The van der Waals surface area contributed by atoms with Crippen LogP contribution in [0.2, 0.25) is 0 Å². The van der Waals surface area contributed by atoms with Gasteiger partial charge in [-0.15, -0.1) is 0 Å². The highest BCUT2D eigenvalue weighted by atomic mass is 15.2. The molecule has 0 aromatic heterocycles. The minimum absolute atomic E-state index is 0.248. The molecule has 1 saturated heterocycles. The summed E-state index contributed by atoms with van der Waals surface area (Å²) < 4.78 is 0. The summed E-state index contributed by atoms with van der Waals surface area (Å²) in [7, 11) is 0. The molecule has 1 aliphatic rings. The summed E-state index contributed by atoms with van der Waals surface area (Å²) in [6.45, 7) is 9.86. The summed E-state index contributed by atoms with van der Waals surface area (Å²) >= 11 is 0. The van der Waals surface area contributed by atoms with Crippen molar-refractivity contribution in [3.8, 4) is 0 Å². The second-order valence-electron chi connectivity index (χ2n) is 5.90. The Morgan fingerprint density at radius 1 is 1.19 bits per heavy atom. The summed E-state index contributed by atoms with van der Waals surface area (Å²) in [6, 6.07) is 9.37. The van der Waals surface area contributed by atoms with Gasteiger partial charge in [0.1, 0.15) is 0 Å². The molecule has 0 saturated carbocycles. The van der Waals surface area contributed by atoms with Crippen LogP contribution in [0.1, 0.15) is 31.9 Å². The zero-order valence-electron chi connectivity index (χ0n) is 10.5. The summed E-state index contributed by atoms with van der Waals surface area (Å²) in [6.07, 6.45) is 0. The van der Waals surface area contributed by atoms with Crippen LogP contribution in [0, 0.1) is 0 Å². The Labute approximate surface area is 98.4 Å². The highest BCUT2D eigenvalue weighted by Gasteiger charge is 2.22. The molecule has 2 rings (SSSR count). The molecule has 2 heteroatoms. The molecule has 1 fully saturated rings. The van der Waals surface area contributed by atoms with E-state index >= 15 is 0 Å². The van der Waals surface area contributed by atoms with E-state index in [-0.39, 0.29) is 5.41 Å². The van der Waals surface area contributed by atoms with Gasteiger partial charge in [-0.2, -0.15) is 0 Å². The lowest BCUT2D eigenvalue weighted by molar-refractivity contribution is 0.142. The standard InChI is InChI=1S/C14H22N2/c1-14(2,3)12-6-4-11(5-7-12)8-16-9-13(15)10-16/h4-7,13H,8-10,15H2,1-3H3. The Bertz CT molecular complexity index is 342. The highest BCUT2D eigenvalue weighted by Crippen LogP contribution is 2.22. The van der Waals surface area contributed by atoms with Crippen molar-refractivity contribution in [3.63, 3.8) is 0 Å². The third-order valence-electron chi connectivity index (χ3n) is 3.21. The molecule has 0 unspecified atom stereocenters. The number of rotatable bonds is 2. The number of nitrogens with two attached hydrogens (primary N) is 1. The fourth-order valence-corrected chi connectivity index (χ4v) is 2.11. The predicted molar refractivity (Wildman–Crippen MR) is 68.4 cm³/mol. The normalized spacial score (nSPS) is 18.5. The second-order valence-corrected chi connectivity index (χ2v) is 5.90. The molecule has 1 aromatic carbocycles. The molecule has 0 spiro atoms. The zero-order chi connectivity index (χ0) is 11.8. The van der Waals surface area contributed by atoms with Gasteiger partial charge < -0.3 is 5.73 Å². The summed E-state index contributed by atoms with van der Waals surface area (Å²) in [4.78, 5) is 2.39. The predicted octanol–water partition coefficient (Wildman–Crippen LogP) is 2.13. The minimum atomic E-state index is 0.248. The Morgan fingerprint density at radius 3 is 2.19 bits per heavy atom. The van der Waals surface area contributed by atoms with Crippen LogP contribution in [0.5, 0.6) is 0 Å². The van der Waals surface area contributed by atoms with Gasteiger partial charge in [0.25, 0.3) is 0 Å². The average molecular weight is 218 g/mol. The van der Waals surface area contributed by atoms with Crippen molar-refractivity contribution in [1.29, 1.82) is 0 Å². The van der Waals surface area contributed by atoms with Gasteiger partial charge in [-0.3, -0.25) is 4.90 Å². The van der Waals surface area contributed by atoms with E-state index in [0.717, 1.165) is 19.6 Å². The van der Waals surface area contributed by atoms with E-state index in [4.69, 9.17) is 5.73 Å². The molecule has 0 aliphatic carbocycles. The number of nitrogens with zero attached hydrogens (tertiary/aromatic N) is 1. The topological polar surface area (TPSA) is 29.3 Å². The maximum Gasteiger partial charge on any atom is 0.0297 e. The minimum Gasteiger partial charge on any atom is -0.325 e. The summed E-state index contributed by atoms with van der Waals surface area (Å²) in [5.41, 5.74) is 8.80. The SMILES string of the molecule is CC(C)(C)c1ccc(CN2CC(N)C2)cc1. The Balaban J connectivity index is 1.97. The van der Waals surface area contributed by atoms with Gasteiger partial charge in [-0.25, -0.2) is 0 Å². The molecule has 0 atom stereocenters. The third kappa shape index (κ3) is 2.63. The maximum absolute atomic E-state index is 5.76. The lowest BCUT2D eigenvalue weighted by atomic mass is 9.86. The van der Waals surface area contributed by atoms with Crippen LogP contribution in [0.4, 0.5) is 0 Å². The number of hydrogen-bond donors (Lipinski definition) is 1. The Hall–Kier alpha value is -0.860. The van der Waals surface area contributed by atoms with Crippen molar-refractivity contribution in [2.75, 3.05) is 13.1 Å². The first kappa shape index (κ1) is 11.6. The fraction of sp³-hybridized carbons (Fsp3) is 0.571. The van der Waals surface area contributed by atoms with E-state index < -0.39 is 0 Å². The van der Waals surface area contributed by atoms with E-state index in [1.54, 1.807) is 0 Å². The first-order valence-corrected chi connectivity index (χ1v) is 6.02. The quantitative estimate of drug-likeness (QED) is 0.824. The first-order chi connectivity index (χ1) is 7.45. The van der Waals surface area contributed by atoms with Crippen LogP contribution in [0.15, 0.2) is 24.3 Å². The molecule has 2 N–H and O–H groups in total. The number of likely N-dealkylation sites (tertiary alicyclic amines) is 1. The smallest absolute Gasteiger partial charge is 0.0297 e. The molecule has 0 amide bonds. The van der Waals surface area contributed by atoms with Gasteiger partial charge >= 0.3 is 0 Å². The van der Waals surface area contributed by atoms with Gasteiger partial charge in [-0.05, 0) is 16.5 Å². The lowest BCUT2D eigenvalue weighted by Gasteiger charge is -2.36. The van der Waals surface area contributed by atoms with Gasteiger partial charge in [-0.1, -0.05) is 45.0 Å². The average Bonchev–Trinajstić information content (AvgIpc) is 2.15. The van der Waals surface area contributed by atoms with Crippen molar-refractivity contribution in [2.24, 2.45) is 5.73 Å². The highest BCUT2D eigenvalue weighted by molar-refractivity contribution is 5.27. The van der Waals surface area contributed by atoms with Crippen LogP contribution in [-0.2, 0) is 12.0 Å². The van der Waals surface area contributed by atoms with Gasteiger partial charge in [0.2, 0.25) is 0 Å². The fourth-order valence-electron chi connectivity index (χ4n) is 2.11. The van der Waals surface area contributed by atoms with Crippen molar-refractivity contribution >= 4 is 0 Å². The Morgan fingerprint density at radius 2 is 1.75 bits per heavy atom. The van der Waals surface area contributed by atoms with Crippen molar-refractivity contribution in [1.82, 2.24) is 4.90 Å². The van der Waals surface area contributed by atoms with E-state index in [1.807, 2.05) is 0 Å². The van der Waals surface area contributed by atoms with E-state index in [0.29, 0.717) is 6.04 Å². The number of hydrogen-bond acceptors (Lipinski definition) is 2. The van der Waals surface area contributed by atoms with Crippen LogP contribution >= 0.6 is 0 Å². The van der Waals surface area contributed by atoms with Crippen LogP contribution in [0.3, 0.4) is 0 Å². The molecule has 1 heterocycles. The van der Waals surface area contributed by atoms with E-state index in [2.05, 4.69) is 49.9 Å². The van der Waals surface area contributed by atoms with E-state index in [9.17, 15) is 0 Å². The van der Waals surface area contributed by atoms with Crippen LogP contribution in [0.25, 0.3) is 0 Å². The van der Waals surface area contributed by atoms with Crippen LogP contribution in [-0.4, -0.2) is 24.0 Å². The molecule has 1 aromatic rings. The second kappa shape index (κ2) is 4.19. The zero-order valence-corrected chi connectivity index (χ0v) is 10.5. The van der Waals surface area contributed by atoms with Crippen LogP contribution < -0.4 is 5.73 Å². The molecule has 16 heavy (non-hydrogen) atoms. The third-order valence-corrected chi connectivity index (χ3v) is 3.21. The molecule has 88 valence electrons. The summed E-state index contributed by atoms with van der Waals surface area (Å²) in [5.74, 6) is 0. The summed E-state index contributed by atoms with van der Waals surface area (Å²) in [5, 5.41) is 0. The van der Waals surface area contributed by atoms with Gasteiger partial charge in [0.15, 0.2) is 0 Å². The van der Waals surface area contributed by atoms with Crippen molar-refractivity contribution in [2.45, 2.75) is 38.8 Å².